The maximum atomic E-state index is 13.2. The minimum Gasteiger partial charge on any atom is -0.307 e. The zero-order chi connectivity index (χ0) is 21.2. The lowest BCUT2D eigenvalue weighted by Gasteiger charge is -2.02. The molecule has 0 aliphatic heterocycles. The van der Waals surface area contributed by atoms with Gasteiger partial charge in [0.25, 0.3) is 0 Å². The van der Waals surface area contributed by atoms with Crippen LogP contribution >= 0.6 is 34.4 Å². The van der Waals surface area contributed by atoms with E-state index >= 15 is 0 Å². The Bertz CT molecular complexity index is 1360. The fraction of sp³-hybridized carbons (Fsp3) is 0.0417. The Hall–Kier alpha value is -3.00. The number of fused-ring (bicyclic) bond motifs is 1. The number of ketones is 1. The van der Waals surface area contributed by atoms with Gasteiger partial charge in [0.05, 0.1) is 15.9 Å². The molecule has 31 heavy (non-hydrogen) atoms. The van der Waals surface area contributed by atoms with Gasteiger partial charge in [-0.1, -0.05) is 83.3 Å². The summed E-state index contributed by atoms with van der Waals surface area (Å²) in [4.78, 5) is 24.5. The lowest BCUT2D eigenvalue weighted by molar-refractivity contribution is 0.104. The number of thiazole rings is 2. The van der Waals surface area contributed by atoms with Crippen LogP contribution < -0.4 is 5.32 Å². The highest BCUT2D eigenvalue weighted by Gasteiger charge is 2.21. The van der Waals surface area contributed by atoms with Crippen molar-refractivity contribution >= 4 is 60.7 Å². The number of aromatic nitrogens is 2. The van der Waals surface area contributed by atoms with Crippen LogP contribution in [0.4, 0.5) is 10.3 Å². The van der Waals surface area contributed by atoms with Gasteiger partial charge in [0, 0.05) is 16.0 Å². The van der Waals surface area contributed by atoms with Gasteiger partial charge in [-0.3, -0.25) is 4.79 Å². The second kappa shape index (κ2) is 8.63. The first-order valence-electron chi connectivity index (χ1n) is 9.59. The summed E-state index contributed by atoms with van der Waals surface area (Å²) in [7, 11) is 0. The highest BCUT2D eigenvalue weighted by molar-refractivity contribution is 7.98. The average molecular weight is 460 g/mol. The minimum absolute atomic E-state index is 0.0288. The van der Waals surface area contributed by atoms with E-state index in [1.165, 1.54) is 16.2 Å². The molecule has 1 N–H and O–H groups in total. The molecule has 0 bridgehead atoms. The average Bonchev–Trinajstić information content (AvgIpc) is 3.43. The van der Waals surface area contributed by atoms with E-state index in [9.17, 15) is 4.79 Å². The van der Waals surface area contributed by atoms with Gasteiger partial charge in [0.1, 0.15) is 4.88 Å². The predicted octanol–water partition coefficient (Wildman–Crippen LogP) is 7.12. The molecule has 0 fully saturated rings. The summed E-state index contributed by atoms with van der Waals surface area (Å²) in [5.41, 5.74) is 3.21. The topological polar surface area (TPSA) is 54.9 Å². The van der Waals surface area contributed by atoms with Gasteiger partial charge >= 0.3 is 0 Å². The van der Waals surface area contributed by atoms with Crippen molar-refractivity contribution in [1.82, 2.24) is 9.97 Å². The van der Waals surface area contributed by atoms with E-state index < -0.39 is 0 Å². The summed E-state index contributed by atoms with van der Waals surface area (Å²) >= 11 is 4.66. The van der Waals surface area contributed by atoms with E-state index in [0.717, 1.165) is 20.9 Å². The first-order chi connectivity index (χ1) is 15.2. The molecule has 0 spiro atoms. The van der Waals surface area contributed by atoms with Crippen LogP contribution in [0.25, 0.3) is 21.5 Å². The molecule has 0 amide bonds. The molecule has 5 rings (SSSR count). The van der Waals surface area contributed by atoms with Crippen molar-refractivity contribution in [1.29, 1.82) is 0 Å². The maximum absolute atomic E-state index is 13.2. The molecule has 0 saturated carbocycles. The number of thioether (sulfide) groups is 1. The standard InChI is InChI=1S/C24H17N3OS3/c1-29-17-12-13-18-19(14-17)30-23(25-18)27-24-26-20(15-8-4-2-5-9-15)22(31-24)21(28)16-10-6-3-7-11-16/h2-14H,1H3,(H,25,26,27). The number of nitrogens with one attached hydrogen (secondary N) is 1. The number of hydrogen-bond acceptors (Lipinski definition) is 7. The highest BCUT2D eigenvalue weighted by atomic mass is 32.2. The molecule has 0 saturated heterocycles. The van der Waals surface area contributed by atoms with Crippen LogP contribution in [0.15, 0.2) is 83.8 Å². The first kappa shape index (κ1) is 19.9. The van der Waals surface area contributed by atoms with Gasteiger partial charge in [-0.2, -0.15) is 0 Å². The van der Waals surface area contributed by atoms with Crippen LogP contribution in [-0.4, -0.2) is 22.0 Å². The molecule has 5 aromatic rings. The number of hydrogen-bond donors (Lipinski definition) is 1. The Labute approximate surface area is 192 Å². The van der Waals surface area contributed by atoms with E-state index in [1.54, 1.807) is 23.1 Å². The molecule has 0 atom stereocenters. The quantitative estimate of drug-likeness (QED) is 0.216. The van der Waals surface area contributed by atoms with E-state index in [2.05, 4.69) is 28.7 Å². The Morgan fingerprint density at radius 1 is 0.871 bits per heavy atom. The number of benzene rings is 3. The van der Waals surface area contributed by atoms with Crippen LogP contribution in [0, 0.1) is 0 Å². The van der Waals surface area contributed by atoms with E-state index in [0.29, 0.717) is 21.3 Å². The summed E-state index contributed by atoms with van der Waals surface area (Å²) in [5, 5.41) is 4.74. The minimum atomic E-state index is -0.0288. The van der Waals surface area contributed by atoms with Gasteiger partial charge in [0.2, 0.25) is 5.78 Å². The highest BCUT2D eigenvalue weighted by Crippen LogP contribution is 2.36. The Balaban J connectivity index is 1.54. The third-order valence-electron chi connectivity index (χ3n) is 4.73. The van der Waals surface area contributed by atoms with Crippen molar-refractivity contribution in [3.63, 3.8) is 0 Å². The van der Waals surface area contributed by atoms with Crippen molar-refractivity contribution in [3.8, 4) is 11.3 Å². The molecule has 4 nitrogen and oxygen atoms in total. The Morgan fingerprint density at radius 3 is 2.32 bits per heavy atom. The molecule has 152 valence electrons. The van der Waals surface area contributed by atoms with Crippen molar-refractivity contribution in [2.45, 2.75) is 4.90 Å². The fourth-order valence-corrected chi connectivity index (χ4v) is 5.65. The summed E-state index contributed by atoms with van der Waals surface area (Å²) < 4.78 is 1.12. The summed E-state index contributed by atoms with van der Waals surface area (Å²) in [6.07, 6.45) is 2.06. The predicted molar refractivity (Wildman–Crippen MR) is 132 cm³/mol. The molecule has 0 aliphatic rings. The molecular weight excluding hydrogens is 442 g/mol. The molecule has 0 unspecified atom stereocenters. The molecule has 0 aliphatic carbocycles. The Kier molecular flexibility index (Phi) is 5.55. The first-order valence-corrected chi connectivity index (χ1v) is 12.4. The second-order valence-electron chi connectivity index (χ2n) is 6.74. The van der Waals surface area contributed by atoms with Gasteiger partial charge < -0.3 is 5.32 Å². The third-order valence-corrected chi connectivity index (χ3v) is 7.35. The molecule has 2 aromatic heterocycles. The SMILES string of the molecule is CSc1ccc2nc(Nc3nc(-c4ccccc4)c(C(=O)c4ccccc4)s3)sc2c1. The number of carbonyl (C=O) groups excluding carboxylic acids is 1. The van der Waals surface area contributed by atoms with Crippen LogP contribution in [0.5, 0.6) is 0 Å². The zero-order valence-corrected chi connectivity index (χ0v) is 19.0. The molecular formula is C24H17N3OS3. The van der Waals surface area contributed by atoms with Crippen LogP contribution in [0.3, 0.4) is 0 Å². The van der Waals surface area contributed by atoms with Crippen molar-refractivity contribution in [2.75, 3.05) is 11.6 Å². The summed E-state index contributed by atoms with van der Waals surface area (Å²) in [6, 6.07) is 25.4. The summed E-state index contributed by atoms with van der Waals surface area (Å²) in [5.74, 6) is -0.0288. The molecule has 7 heteroatoms. The van der Waals surface area contributed by atoms with E-state index in [1.807, 2.05) is 66.7 Å². The van der Waals surface area contributed by atoms with E-state index in [4.69, 9.17) is 4.98 Å². The van der Waals surface area contributed by atoms with Gasteiger partial charge in [0.15, 0.2) is 10.3 Å². The van der Waals surface area contributed by atoms with Crippen molar-refractivity contribution < 1.29 is 4.79 Å². The molecule has 0 radical (unpaired) electrons. The largest absolute Gasteiger partial charge is 0.307 e. The zero-order valence-electron chi connectivity index (χ0n) is 16.5. The smallest absolute Gasteiger partial charge is 0.205 e. The lowest BCUT2D eigenvalue weighted by Crippen LogP contribution is -2.00. The van der Waals surface area contributed by atoms with Crippen molar-refractivity contribution in [3.05, 3.63) is 89.3 Å². The van der Waals surface area contributed by atoms with Gasteiger partial charge in [-0.05, 0) is 24.5 Å². The van der Waals surface area contributed by atoms with Gasteiger partial charge in [-0.25, -0.2) is 9.97 Å². The number of nitrogens with zero attached hydrogens (tertiary/aromatic N) is 2. The Morgan fingerprint density at radius 2 is 1.58 bits per heavy atom. The van der Waals surface area contributed by atoms with Crippen LogP contribution in [0.1, 0.15) is 15.2 Å². The number of carbonyl (C=O) groups is 1. The second-order valence-corrected chi connectivity index (χ2v) is 9.64. The van der Waals surface area contributed by atoms with Crippen LogP contribution in [-0.2, 0) is 0 Å². The number of rotatable bonds is 6. The van der Waals surface area contributed by atoms with E-state index in [-0.39, 0.29) is 5.78 Å². The maximum Gasteiger partial charge on any atom is 0.205 e. The van der Waals surface area contributed by atoms with Gasteiger partial charge in [-0.15, -0.1) is 11.8 Å². The lowest BCUT2D eigenvalue weighted by atomic mass is 10.1. The summed E-state index contributed by atoms with van der Waals surface area (Å²) in [6.45, 7) is 0. The van der Waals surface area contributed by atoms with Crippen molar-refractivity contribution in [2.24, 2.45) is 0 Å². The third kappa shape index (κ3) is 4.12. The normalized spacial score (nSPS) is 11.0. The monoisotopic (exact) mass is 459 g/mol. The molecule has 3 aromatic carbocycles. The fourth-order valence-electron chi connectivity index (χ4n) is 3.22. The number of anilines is 2. The van der Waals surface area contributed by atoms with Crippen LogP contribution in [0.2, 0.25) is 0 Å². The molecule has 2 heterocycles.